The van der Waals surface area contributed by atoms with E-state index >= 15 is 0 Å². The van der Waals surface area contributed by atoms with Crippen molar-refractivity contribution in [3.05, 3.63) is 42.0 Å². The number of rotatable bonds is 5. The topological polar surface area (TPSA) is 111 Å². The molecule has 2 rings (SSSR count). The summed E-state index contributed by atoms with van der Waals surface area (Å²) in [5, 5.41) is 3.48. The van der Waals surface area contributed by atoms with Gasteiger partial charge in [0.2, 0.25) is 10.0 Å². The monoisotopic (exact) mass is 298 g/mol. The molecule has 0 aromatic carbocycles. The van der Waals surface area contributed by atoms with Crippen LogP contribution in [0.15, 0.2) is 40.0 Å². The van der Waals surface area contributed by atoms with Gasteiger partial charge in [-0.3, -0.25) is 4.98 Å². The molecule has 0 radical (unpaired) electrons. The van der Waals surface area contributed by atoms with Crippen molar-refractivity contribution in [2.24, 2.45) is 5.73 Å². The molecule has 19 heavy (non-hydrogen) atoms. The molecule has 2 aromatic rings. The first-order valence-corrected chi connectivity index (χ1v) is 7.04. The molecule has 2 aromatic heterocycles. The van der Waals surface area contributed by atoms with Gasteiger partial charge in [-0.2, -0.15) is 0 Å². The van der Waals surface area contributed by atoms with Crippen LogP contribution in [0.4, 0.5) is 0 Å². The molecule has 0 saturated heterocycles. The van der Waals surface area contributed by atoms with Gasteiger partial charge in [-0.1, -0.05) is 17.4 Å². The predicted octanol–water partition coefficient (Wildman–Crippen LogP) is 0.182. The molecule has 0 saturated carbocycles. The van der Waals surface area contributed by atoms with Crippen LogP contribution < -0.4 is 10.5 Å². The van der Waals surface area contributed by atoms with Crippen molar-refractivity contribution in [3.8, 4) is 0 Å². The van der Waals surface area contributed by atoms with Gasteiger partial charge in [-0.25, -0.2) is 13.1 Å². The minimum atomic E-state index is -3.78. The third-order valence-electron chi connectivity index (χ3n) is 2.22. The summed E-state index contributed by atoms with van der Waals surface area (Å²) >= 11 is 4.78. The van der Waals surface area contributed by atoms with E-state index in [1.54, 1.807) is 6.07 Å². The molecule has 2 heterocycles. The summed E-state index contributed by atoms with van der Waals surface area (Å²) in [5.74, 6) is 0.393. The lowest BCUT2D eigenvalue weighted by Gasteiger charge is -2.08. The van der Waals surface area contributed by atoms with Gasteiger partial charge in [0.1, 0.15) is 15.6 Å². The smallest absolute Gasteiger partial charge is 0.243 e. The number of pyridine rings is 1. The predicted molar refractivity (Wildman–Crippen MR) is 70.7 cm³/mol. The van der Waals surface area contributed by atoms with E-state index in [4.69, 9.17) is 22.5 Å². The molecule has 0 amide bonds. The van der Waals surface area contributed by atoms with E-state index in [-0.39, 0.29) is 22.1 Å². The Labute approximate surface area is 114 Å². The number of aromatic nitrogens is 2. The molecule has 3 N–H and O–H groups in total. The Morgan fingerprint density at radius 3 is 2.84 bits per heavy atom. The third-order valence-corrected chi connectivity index (χ3v) is 3.85. The Morgan fingerprint density at radius 2 is 2.21 bits per heavy atom. The molecule has 9 heteroatoms. The maximum Gasteiger partial charge on any atom is 0.243 e. The molecule has 0 fully saturated rings. The van der Waals surface area contributed by atoms with Crippen LogP contribution in [0.2, 0.25) is 0 Å². The number of nitrogens with zero attached hydrogens (tertiary/aromatic N) is 2. The fraction of sp³-hybridized carbons (Fsp3) is 0.100. The molecule has 0 aliphatic carbocycles. The zero-order valence-electron chi connectivity index (χ0n) is 9.61. The van der Waals surface area contributed by atoms with Gasteiger partial charge < -0.3 is 10.3 Å². The minimum absolute atomic E-state index is 0.0198. The van der Waals surface area contributed by atoms with E-state index in [0.717, 1.165) is 0 Å². The zero-order valence-corrected chi connectivity index (χ0v) is 11.2. The van der Waals surface area contributed by atoms with Crippen LogP contribution in [0.3, 0.4) is 0 Å². The standard InChI is InChI=1S/C10H10N4O3S2/c11-10(18)9-8(2-1-4-12-9)19(15,16)14-6-7-3-5-13-17-7/h1-5,14H,6H2,(H2,11,18). The number of thiocarbonyl (C=S) groups is 1. The van der Waals surface area contributed by atoms with Crippen molar-refractivity contribution in [1.29, 1.82) is 0 Å². The maximum absolute atomic E-state index is 12.1. The van der Waals surface area contributed by atoms with E-state index in [9.17, 15) is 8.42 Å². The van der Waals surface area contributed by atoms with Gasteiger partial charge >= 0.3 is 0 Å². The average Bonchev–Trinajstić information content (AvgIpc) is 2.89. The van der Waals surface area contributed by atoms with E-state index in [1.807, 2.05) is 0 Å². The Bertz CT molecular complexity index is 683. The molecule has 0 atom stereocenters. The van der Waals surface area contributed by atoms with Gasteiger partial charge in [0.05, 0.1) is 12.7 Å². The summed E-state index contributed by atoms with van der Waals surface area (Å²) in [7, 11) is -3.78. The number of hydrogen-bond acceptors (Lipinski definition) is 6. The van der Waals surface area contributed by atoms with Crippen molar-refractivity contribution in [1.82, 2.24) is 14.9 Å². The lowest BCUT2D eigenvalue weighted by molar-refractivity contribution is 0.380. The lowest BCUT2D eigenvalue weighted by Crippen LogP contribution is -2.26. The van der Waals surface area contributed by atoms with Crippen molar-refractivity contribution in [2.75, 3.05) is 0 Å². The highest BCUT2D eigenvalue weighted by atomic mass is 32.2. The van der Waals surface area contributed by atoms with Crippen LogP contribution in [-0.4, -0.2) is 23.5 Å². The molecule has 0 aliphatic heterocycles. The molecule has 7 nitrogen and oxygen atoms in total. The first-order chi connectivity index (χ1) is 9.00. The van der Waals surface area contributed by atoms with Gasteiger partial charge in [0.15, 0.2) is 5.76 Å². The molecule has 0 unspecified atom stereocenters. The fourth-order valence-electron chi connectivity index (χ4n) is 1.37. The Balaban J connectivity index is 2.27. The van der Waals surface area contributed by atoms with Crippen LogP contribution in [0, 0.1) is 0 Å². The van der Waals surface area contributed by atoms with E-state index in [2.05, 4.69) is 14.9 Å². The Kier molecular flexibility index (Phi) is 3.88. The molecule has 0 spiro atoms. The highest BCUT2D eigenvalue weighted by Gasteiger charge is 2.20. The second-order valence-electron chi connectivity index (χ2n) is 3.52. The van der Waals surface area contributed by atoms with Gasteiger partial charge in [0, 0.05) is 12.3 Å². The van der Waals surface area contributed by atoms with Crippen molar-refractivity contribution >= 4 is 27.2 Å². The summed E-state index contributed by atoms with van der Waals surface area (Å²) in [4.78, 5) is 3.72. The summed E-state index contributed by atoms with van der Waals surface area (Å²) in [6, 6.07) is 4.43. The fourth-order valence-corrected chi connectivity index (χ4v) is 2.76. The van der Waals surface area contributed by atoms with E-state index in [0.29, 0.717) is 5.76 Å². The van der Waals surface area contributed by atoms with Crippen molar-refractivity contribution in [2.45, 2.75) is 11.4 Å². The van der Waals surface area contributed by atoms with Crippen LogP contribution >= 0.6 is 12.2 Å². The number of hydrogen-bond donors (Lipinski definition) is 2. The number of nitrogens with two attached hydrogens (primary N) is 1. The summed E-state index contributed by atoms with van der Waals surface area (Å²) in [5.41, 5.74) is 5.51. The van der Waals surface area contributed by atoms with Crippen LogP contribution in [0.1, 0.15) is 11.5 Å². The Morgan fingerprint density at radius 1 is 1.42 bits per heavy atom. The Hall–Kier alpha value is -1.84. The summed E-state index contributed by atoms with van der Waals surface area (Å²) in [6.45, 7) is -0.0198. The summed E-state index contributed by atoms with van der Waals surface area (Å²) < 4.78 is 31.4. The van der Waals surface area contributed by atoms with Gasteiger partial charge in [0.25, 0.3) is 0 Å². The molecular formula is C10H10N4O3S2. The van der Waals surface area contributed by atoms with Crippen molar-refractivity contribution < 1.29 is 12.9 Å². The number of sulfonamides is 1. The quantitative estimate of drug-likeness (QED) is 0.757. The molecule has 100 valence electrons. The van der Waals surface area contributed by atoms with Crippen molar-refractivity contribution in [3.63, 3.8) is 0 Å². The highest BCUT2D eigenvalue weighted by molar-refractivity contribution is 7.89. The maximum atomic E-state index is 12.1. The molecule has 0 bridgehead atoms. The SMILES string of the molecule is NC(=S)c1ncccc1S(=O)(=O)NCc1ccno1. The average molecular weight is 298 g/mol. The van der Waals surface area contributed by atoms with Crippen LogP contribution in [0.25, 0.3) is 0 Å². The number of nitrogens with one attached hydrogen (secondary N) is 1. The first kappa shape index (κ1) is 13.6. The zero-order chi connectivity index (χ0) is 13.9. The van der Waals surface area contributed by atoms with Gasteiger partial charge in [-0.05, 0) is 12.1 Å². The normalized spacial score (nSPS) is 11.4. The van der Waals surface area contributed by atoms with Crippen LogP contribution in [0.5, 0.6) is 0 Å². The highest BCUT2D eigenvalue weighted by Crippen LogP contribution is 2.13. The largest absolute Gasteiger partial charge is 0.388 e. The van der Waals surface area contributed by atoms with Gasteiger partial charge in [-0.15, -0.1) is 0 Å². The third kappa shape index (κ3) is 3.13. The van der Waals surface area contributed by atoms with E-state index in [1.165, 1.54) is 24.5 Å². The van der Waals surface area contributed by atoms with E-state index < -0.39 is 10.0 Å². The minimum Gasteiger partial charge on any atom is -0.388 e. The second kappa shape index (κ2) is 5.43. The van der Waals surface area contributed by atoms with Crippen LogP contribution in [-0.2, 0) is 16.6 Å². The second-order valence-corrected chi connectivity index (χ2v) is 5.69. The lowest BCUT2D eigenvalue weighted by atomic mass is 10.3. The molecular weight excluding hydrogens is 288 g/mol. The molecule has 0 aliphatic rings. The first-order valence-electron chi connectivity index (χ1n) is 5.15. The summed E-state index contributed by atoms with van der Waals surface area (Å²) in [6.07, 6.45) is 2.85.